The van der Waals surface area contributed by atoms with Crippen molar-refractivity contribution in [2.24, 2.45) is 5.92 Å². The smallest absolute Gasteiger partial charge is 0.309 e. The van der Waals surface area contributed by atoms with E-state index < -0.39 is 5.97 Å². The molecule has 6 heteroatoms. The highest BCUT2D eigenvalue weighted by Gasteiger charge is 2.42. The van der Waals surface area contributed by atoms with E-state index in [1.165, 1.54) is 12.6 Å². The number of hydrogen-bond donors (Lipinski definition) is 3. The van der Waals surface area contributed by atoms with E-state index in [0.717, 1.165) is 12.8 Å². The third kappa shape index (κ3) is 2.65. The highest BCUT2D eigenvalue weighted by molar-refractivity contribution is 5.93. The van der Waals surface area contributed by atoms with E-state index in [2.05, 4.69) is 15.6 Å². The first-order valence-corrected chi connectivity index (χ1v) is 6.85. The standard InChI is InChI=1S/C14H17N3O3/c18-13(19)6-8-1-2-10(7-15-8)17-14(20)11-5-9-3-4-12(11)16-9/h1-2,7,9,11-12,16H,3-6H2,(H,17,20)(H,18,19). The second-order valence-corrected chi connectivity index (χ2v) is 5.49. The van der Waals surface area contributed by atoms with Crippen LogP contribution < -0.4 is 10.6 Å². The molecule has 2 aliphatic rings. The number of anilines is 1. The van der Waals surface area contributed by atoms with Gasteiger partial charge < -0.3 is 15.7 Å². The molecule has 2 fully saturated rings. The number of hydrogen-bond acceptors (Lipinski definition) is 4. The van der Waals surface area contributed by atoms with Gasteiger partial charge in [-0.1, -0.05) is 0 Å². The lowest BCUT2D eigenvalue weighted by atomic mass is 9.88. The Morgan fingerprint density at radius 2 is 2.25 bits per heavy atom. The Bertz CT molecular complexity index is 529. The highest BCUT2D eigenvalue weighted by atomic mass is 16.4. The number of rotatable bonds is 4. The zero-order valence-corrected chi connectivity index (χ0v) is 11.0. The molecule has 106 valence electrons. The molecule has 2 saturated heterocycles. The summed E-state index contributed by atoms with van der Waals surface area (Å²) in [5.74, 6) is -0.854. The first kappa shape index (κ1) is 13.1. The van der Waals surface area contributed by atoms with Crippen LogP contribution in [0.3, 0.4) is 0 Å². The summed E-state index contributed by atoms with van der Waals surface area (Å²) in [7, 11) is 0. The van der Waals surface area contributed by atoms with Crippen LogP contribution in [0.25, 0.3) is 0 Å². The van der Waals surface area contributed by atoms with E-state index in [9.17, 15) is 9.59 Å². The van der Waals surface area contributed by atoms with Crippen molar-refractivity contribution in [3.8, 4) is 0 Å². The van der Waals surface area contributed by atoms with Gasteiger partial charge in [-0.25, -0.2) is 0 Å². The summed E-state index contributed by atoms with van der Waals surface area (Å²) in [6, 6.07) is 4.12. The van der Waals surface area contributed by atoms with Crippen LogP contribution in [0.4, 0.5) is 5.69 Å². The van der Waals surface area contributed by atoms with Crippen LogP contribution in [-0.4, -0.2) is 34.1 Å². The molecule has 0 aliphatic carbocycles. The van der Waals surface area contributed by atoms with E-state index in [0.29, 0.717) is 23.5 Å². The van der Waals surface area contributed by atoms with Gasteiger partial charge in [-0.2, -0.15) is 0 Å². The highest BCUT2D eigenvalue weighted by Crippen LogP contribution is 2.33. The van der Waals surface area contributed by atoms with Gasteiger partial charge in [-0.15, -0.1) is 0 Å². The quantitative estimate of drug-likeness (QED) is 0.755. The fraction of sp³-hybridized carbons (Fsp3) is 0.500. The number of aliphatic carboxylic acids is 1. The lowest BCUT2D eigenvalue weighted by molar-refractivity contribution is -0.136. The van der Waals surface area contributed by atoms with Crippen LogP contribution in [0.15, 0.2) is 18.3 Å². The summed E-state index contributed by atoms with van der Waals surface area (Å²) >= 11 is 0. The molecule has 6 nitrogen and oxygen atoms in total. The van der Waals surface area contributed by atoms with Gasteiger partial charge >= 0.3 is 5.97 Å². The lowest BCUT2D eigenvalue weighted by Crippen LogP contribution is -2.32. The Kier molecular flexibility index (Phi) is 3.40. The summed E-state index contributed by atoms with van der Waals surface area (Å²) in [5.41, 5.74) is 1.10. The number of carbonyl (C=O) groups excluding carboxylic acids is 1. The van der Waals surface area contributed by atoms with Crippen molar-refractivity contribution >= 4 is 17.6 Å². The lowest BCUT2D eigenvalue weighted by Gasteiger charge is -2.19. The second kappa shape index (κ2) is 5.20. The molecule has 1 amide bonds. The summed E-state index contributed by atoms with van der Waals surface area (Å²) in [4.78, 5) is 26.8. The van der Waals surface area contributed by atoms with Gasteiger partial charge in [0.15, 0.2) is 0 Å². The molecule has 3 atom stereocenters. The first-order valence-electron chi connectivity index (χ1n) is 6.85. The molecule has 1 aromatic heterocycles. The van der Waals surface area contributed by atoms with Crippen molar-refractivity contribution in [2.75, 3.05) is 5.32 Å². The largest absolute Gasteiger partial charge is 0.481 e. The molecular formula is C14H17N3O3. The molecule has 3 N–H and O–H groups in total. The third-order valence-electron chi connectivity index (χ3n) is 4.06. The van der Waals surface area contributed by atoms with Crippen molar-refractivity contribution in [3.05, 3.63) is 24.0 Å². The summed E-state index contributed by atoms with van der Waals surface area (Å²) < 4.78 is 0. The molecule has 0 radical (unpaired) electrons. The third-order valence-corrected chi connectivity index (χ3v) is 4.06. The van der Waals surface area contributed by atoms with E-state index >= 15 is 0 Å². The zero-order chi connectivity index (χ0) is 14.1. The molecule has 0 saturated carbocycles. The SMILES string of the molecule is O=C(O)Cc1ccc(NC(=O)C2CC3CCC2N3)cn1. The van der Waals surface area contributed by atoms with Crippen LogP contribution in [0.2, 0.25) is 0 Å². The van der Waals surface area contributed by atoms with Crippen LogP contribution in [-0.2, 0) is 16.0 Å². The van der Waals surface area contributed by atoms with Crippen LogP contribution in [0, 0.1) is 5.92 Å². The van der Waals surface area contributed by atoms with Crippen LogP contribution >= 0.6 is 0 Å². The van der Waals surface area contributed by atoms with Gasteiger partial charge in [-0.3, -0.25) is 14.6 Å². The molecule has 2 bridgehead atoms. The predicted molar refractivity (Wildman–Crippen MR) is 72.3 cm³/mol. The minimum atomic E-state index is -0.914. The van der Waals surface area contributed by atoms with Gasteiger partial charge in [0.05, 0.1) is 29.9 Å². The number of pyridine rings is 1. The number of aromatic nitrogens is 1. The van der Waals surface area contributed by atoms with Crippen LogP contribution in [0.5, 0.6) is 0 Å². The van der Waals surface area contributed by atoms with E-state index in [-0.39, 0.29) is 18.2 Å². The van der Waals surface area contributed by atoms with Crippen molar-refractivity contribution in [2.45, 2.75) is 37.8 Å². The zero-order valence-electron chi connectivity index (χ0n) is 11.0. The summed E-state index contributed by atoms with van der Waals surface area (Å²) in [6.07, 6.45) is 4.54. The van der Waals surface area contributed by atoms with Crippen molar-refractivity contribution in [3.63, 3.8) is 0 Å². The molecule has 1 aromatic rings. The molecular weight excluding hydrogens is 258 g/mol. The molecule has 3 unspecified atom stereocenters. The second-order valence-electron chi connectivity index (χ2n) is 5.49. The van der Waals surface area contributed by atoms with Gasteiger partial charge in [0, 0.05) is 12.1 Å². The van der Waals surface area contributed by atoms with E-state index in [4.69, 9.17) is 5.11 Å². The Balaban J connectivity index is 1.60. The molecule has 20 heavy (non-hydrogen) atoms. The number of nitrogens with one attached hydrogen (secondary N) is 2. The number of amides is 1. The Labute approximate surface area is 116 Å². The van der Waals surface area contributed by atoms with Crippen LogP contribution in [0.1, 0.15) is 25.0 Å². The number of carboxylic acids is 1. The molecule has 0 spiro atoms. The normalized spacial score (nSPS) is 27.5. The molecule has 0 aromatic carbocycles. The fourth-order valence-electron chi connectivity index (χ4n) is 3.11. The monoisotopic (exact) mass is 275 g/mol. The minimum Gasteiger partial charge on any atom is -0.481 e. The summed E-state index contributed by atoms with van der Waals surface area (Å²) in [5, 5.41) is 15.0. The topological polar surface area (TPSA) is 91.3 Å². The average molecular weight is 275 g/mol. The van der Waals surface area contributed by atoms with Gasteiger partial charge in [0.2, 0.25) is 5.91 Å². The number of nitrogens with zero attached hydrogens (tertiary/aromatic N) is 1. The molecule has 3 rings (SSSR count). The van der Waals surface area contributed by atoms with Crippen molar-refractivity contribution in [1.29, 1.82) is 0 Å². The van der Waals surface area contributed by atoms with Crippen molar-refractivity contribution < 1.29 is 14.7 Å². The summed E-state index contributed by atoms with van der Waals surface area (Å²) in [6.45, 7) is 0. The van der Waals surface area contributed by atoms with Gasteiger partial charge in [0.1, 0.15) is 0 Å². The van der Waals surface area contributed by atoms with E-state index in [1.807, 2.05) is 0 Å². The number of fused-ring (bicyclic) bond motifs is 2. The predicted octanol–water partition coefficient (Wildman–Crippen LogP) is 0.788. The number of carbonyl (C=O) groups is 2. The Morgan fingerprint density at radius 1 is 1.40 bits per heavy atom. The Morgan fingerprint density at radius 3 is 2.80 bits per heavy atom. The Hall–Kier alpha value is -1.95. The van der Waals surface area contributed by atoms with Crippen molar-refractivity contribution in [1.82, 2.24) is 10.3 Å². The molecule has 2 aliphatic heterocycles. The van der Waals surface area contributed by atoms with E-state index in [1.54, 1.807) is 12.1 Å². The van der Waals surface area contributed by atoms with Gasteiger partial charge in [0.25, 0.3) is 0 Å². The maximum Gasteiger partial charge on any atom is 0.309 e. The average Bonchev–Trinajstić information content (AvgIpc) is 3.03. The first-order chi connectivity index (χ1) is 9.61. The van der Waals surface area contributed by atoms with Gasteiger partial charge in [-0.05, 0) is 31.4 Å². The minimum absolute atomic E-state index is 0.0254. The maximum absolute atomic E-state index is 12.2. The number of carboxylic acid groups (broad SMARTS) is 1. The maximum atomic E-state index is 12.2. The fourth-order valence-corrected chi connectivity index (χ4v) is 3.11. The molecule has 3 heterocycles.